The Kier molecular flexibility index (Phi) is 7.25. The van der Waals surface area contributed by atoms with Crippen LogP contribution in [0, 0.1) is 11.7 Å². The third kappa shape index (κ3) is 5.03. The van der Waals surface area contributed by atoms with Gasteiger partial charge in [-0.1, -0.05) is 23.5 Å². The summed E-state index contributed by atoms with van der Waals surface area (Å²) in [6.45, 7) is 1.46. The van der Waals surface area contributed by atoms with E-state index in [9.17, 15) is 14.0 Å². The lowest BCUT2D eigenvalue weighted by molar-refractivity contribution is -0.124. The molecule has 1 atom stereocenters. The van der Waals surface area contributed by atoms with E-state index in [0.29, 0.717) is 23.9 Å². The molecule has 3 aromatic rings. The number of halogens is 2. The average Bonchev–Trinajstić information content (AvgIpc) is 3.32. The molecule has 1 aliphatic rings. The van der Waals surface area contributed by atoms with Crippen LogP contribution >= 0.6 is 23.7 Å². The van der Waals surface area contributed by atoms with E-state index in [1.54, 1.807) is 21.9 Å². The molecule has 0 aliphatic carbocycles. The van der Waals surface area contributed by atoms with Crippen molar-refractivity contribution in [3.63, 3.8) is 0 Å². The number of amides is 2. The number of nitrogens with zero attached hydrogens (tertiary/aromatic N) is 4. The Labute approximate surface area is 190 Å². The average molecular weight is 463 g/mol. The first-order chi connectivity index (χ1) is 14.4. The number of likely N-dealkylation sites (N-methyl/N-ethyl adjacent to an activating group) is 1. The van der Waals surface area contributed by atoms with Crippen molar-refractivity contribution in [2.75, 3.05) is 43.5 Å². The Bertz CT molecular complexity index is 1040. The minimum absolute atomic E-state index is 0. The van der Waals surface area contributed by atoms with E-state index in [1.165, 1.54) is 23.5 Å². The first kappa shape index (κ1) is 23.1. The maximum atomic E-state index is 13.4. The zero-order valence-electron chi connectivity index (χ0n) is 17.3. The first-order valence-electron chi connectivity index (χ1n) is 9.80. The molecule has 1 unspecified atom stereocenters. The number of thiazole rings is 1. The second-order valence-electron chi connectivity index (χ2n) is 7.64. The van der Waals surface area contributed by atoms with Gasteiger partial charge in [0.25, 0.3) is 0 Å². The van der Waals surface area contributed by atoms with Crippen LogP contribution in [0.25, 0.3) is 10.2 Å². The van der Waals surface area contributed by atoms with Crippen molar-refractivity contribution in [3.8, 4) is 0 Å². The lowest BCUT2D eigenvalue weighted by atomic mass is 10.1. The van der Waals surface area contributed by atoms with Gasteiger partial charge in [0.05, 0.1) is 16.1 Å². The maximum absolute atomic E-state index is 13.4. The van der Waals surface area contributed by atoms with Gasteiger partial charge in [0.2, 0.25) is 11.8 Å². The molecule has 2 heterocycles. The highest BCUT2D eigenvalue weighted by atomic mass is 35.5. The van der Waals surface area contributed by atoms with Gasteiger partial charge >= 0.3 is 0 Å². The van der Waals surface area contributed by atoms with Gasteiger partial charge < -0.3 is 9.80 Å². The molecule has 1 saturated heterocycles. The number of para-hydroxylation sites is 1. The van der Waals surface area contributed by atoms with E-state index in [0.717, 1.165) is 10.2 Å². The van der Waals surface area contributed by atoms with Crippen molar-refractivity contribution in [1.82, 2.24) is 9.88 Å². The predicted molar refractivity (Wildman–Crippen MR) is 125 cm³/mol. The molecule has 4 rings (SSSR count). The summed E-state index contributed by atoms with van der Waals surface area (Å²) in [7, 11) is 3.91. The van der Waals surface area contributed by atoms with Gasteiger partial charge in [-0.05, 0) is 50.5 Å². The Balaban J connectivity index is 0.00000272. The van der Waals surface area contributed by atoms with E-state index < -0.39 is 5.92 Å². The summed E-state index contributed by atoms with van der Waals surface area (Å²) in [4.78, 5) is 36.0. The Morgan fingerprint density at radius 2 is 1.87 bits per heavy atom. The maximum Gasteiger partial charge on any atom is 0.234 e. The molecule has 0 saturated carbocycles. The van der Waals surface area contributed by atoms with Crippen LogP contribution in [0.4, 0.5) is 15.2 Å². The van der Waals surface area contributed by atoms with Crippen LogP contribution in [0.1, 0.15) is 6.42 Å². The number of hydrogen-bond donors (Lipinski definition) is 0. The molecular weight excluding hydrogens is 439 g/mol. The van der Waals surface area contributed by atoms with Crippen LogP contribution in [-0.2, 0) is 9.59 Å². The summed E-state index contributed by atoms with van der Waals surface area (Å²) in [5, 5.41) is 0.649. The molecule has 1 aromatic heterocycles. The van der Waals surface area contributed by atoms with Crippen molar-refractivity contribution < 1.29 is 14.0 Å². The molecule has 1 fully saturated rings. The van der Waals surface area contributed by atoms with Crippen molar-refractivity contribution in [1.29, 1.82) is 0 Å². The highest BCUT2D eigenvalue weighted by Crippen LogP contribution is 2.32. The third-order valence-electron chi connectivity index (χ3n) is 5.16. The van der Waals surface area contributed by atoms with Gasteiger partial charge in [-0.15, -0.1) is 12.4 Å². The second-order valence-corrected chi connectivity index (χ2v) is 8.65. The van der Waals surface area contributed by atoms with Crippen molar-refractivity contribution in [2.24, 2.45) is 5.92 Å². The number of benzene rings is 2. The number of anilines is 2. The standard InChI is InChI=1S/C22H23FN4O2S.ClH/c1-25(2)11-12-26(22-24-18-5-3-4-6-19(18)30-22)21(29)15-13-20(28)27(14-15)17-9-7-16(23)8-10-17;/h3-10,15H,11-14H2,1-2H3;1H. The van der Waals surface area contributed by atoms with Gasteiger partial charge in [-0.3, -0.25) is 14.5 Å². The van der Waals surface area contributed by atoms with Crippen molar-refractivity contribution >= 4 is 56.6 Å². The molecular formula is C22H24ClFN4O2S. The van der Waals surface area contributed by atoms with Gasteiger partial charge in [0.1, 0.15) is 5.82 Å². The van der Waals surface area contributed by atoms with E-state index in [1.807, 2.05) is 43.3 Å². The summed E-state index contributed by atoms with van der Waals surface area (Å²) in [6.07, 6.45) is 0.138. The molecule has 2 aromatic carbocycles. The zero-order valence-corrected chi connectivity index (χ0v) is 19.0. The minimum Gasteiger partial charge on any atom is -0.312 e. The molecule has 6 nitrogen and oxygen atoms in total. The lowest BCUT2D eigenvalue weighted by Crippen LogP contribution is -2.41. The Hall–Kier alpha value is -2.55. The fraction of sp³-hybridized carbons (Fsp3) is 0.318. The molecule has 0 N–H and O–H groups in total. The van der Waals surface area contributed by atoms with Crippen LogP contribution in [-0.4, -0.2) is 55.4 Å². The minimum atomic E-state index is -0.461. The molecule has 1 aliphatic heterocycles. The molecule has 0 spiro atoms. The van der Waals surface area contributed by atoms with E-state index in [2.05, 4.69) is 4.98 Å². The second kappa shape index (κ2) is 9.72. The summed E-state index contributed by atoms with van der Waals surface area (Å²) in [5.74, 6) is -1.05. The number of carbonyl (C=O) groups is 2. The van der Waals surface area contributed by atoms with Gasteiger partial charge in [0.15, 0.2) is 5.13 Å². The molecule has 0 bridgehead atoms. The molecule has 31 heavy (non-hydrogen) atoms. The highest BCUT2D eigenvalue weighted by Gasteiger charge is 2.38. The lowest BCUT2D eigenvalue weighted by Gasteiger charge is -2.24. The van der Waals surface area contributed by atoms with Gasteiger partial charge in [-0.25, -0.2) is 9.37 Å². The molecule has 2 amide bonds. The number of carbonyl (C=O) groups excluding carboxylic acids is 2. The summed E-state index contributed by atoms with van der Waals surface area (Å²) in [6, 6.07) is 13.6. The van der Waals surface area contributed by atoms with E-state index in [-0.39, 0.29) is 43.0 Å². The number of aromatic nitrogens is 1. The fourth-order valence-electron chi connectivity index (χ4n) is 3.54. The quantitative estimate of drug-likeness (QED) is 0.559. The molecule has 0 radical (unpaired) electrons. The summed E-state index contributed by atoms with van der Waals surface area (Å²) < 4.78 is 14.3. The molecule has 9 heteroatoms. The van der Waals surface area contributed by atoms with Crippen LogP contribution in [0.15, 0.2) is 48.5 Å². The Morgan fingerprint density at radius 3 is 2.55 bits per heavy atom. The SMILES string of the molecule is CN(C)CCN(C(=O)C1CC(=O)N(c2ccc(F)cc2)C1)c1nc2ccccc2s1.Cl. The number of fused-ring (bicyclic) bond motifs is 1. The number of rotatable bonds is 6. The summed E-state index contributed by atoms with van der Waals surface area (Å²) >= 11 is 1.48. The van der Waals surface area contributed by atoms with Gasteiger partial charge in [-0.2, -0.15) is 0 Å². The third-order valence-corrected chi connectivity index (χ3v) is 6.22. The fourth-order valence-corrected chi connectivity index (χ4v) is 4.54. The van der Waals surface area contributed by atoms with Crippen LogP contribution in [0.5, 0.6) is 0 Å². The number of hydrogen-bond acceptors (Lipinski definition) is 5. The predicted octanol–water partition coefficient (Wildman–Crippen LogP) is 3.80. The van der Waals surface area contributed by atoms with E-state index in [4.69, 9.17) is 0 Å². The largest absolute Gasteiger partial charge is 0.312 e. The normalized spacial score (nSPS) is 16.1. The van der Waals surface area contributed by atoms with Crippen LogP contribution in [0.2, 0.25) is 0 Å². The molecule has 164 valence electrons. The zero-order chi connectivity index (χ0) is 21.3. The monoisotopic (exact) mass is 462 g/mol. The Morgan fingerprint density at radius 1 is 1.16 bits per heavy atom. The van der Waals surface area contributed by atoms with Crippen molar-refractivity contribution in [3.05, 3.63) is 54.3 Å². The first-order valence-corrected chi connectivity index (χ1v) is 10.6. The topological polar surface area (TPSA) is 56.8 Å². The van der Waals surface area contributed by atoms with Crippen molar-refractivity contribution in [2.45, 2.75) is 6.42 Å². The van der Waals surface area contributed by atoms with Crippen LogP contribution < -0.4 is 9.80 Å². The smallest absolute Gasteiger partial charge is 0.234 e. The summed E-state index contributed by atoms with van der Waals surface area (Å²) in [5.41, 5.74) is 1.46. The van der Waals surface area contributed by atoms with Gasteiger partial charge in [0, 0.05) is 31.7 Å². The van der Waals surface area contributed by atoms with Crippen LogP contribution in [0.3, 0.4) is 0 Å². The highest BCUT2D eigenvalue weighted by molar-refractivity contribution is 7.22. The van der Waals surface area contributed by atoms with E-state index >= 15 is 0 Å².